The monoisotopic (exact) mass is 282 g/mol. The molecule has 2 rings (SSSR count). The van der Waals surface area contributed by atoms with Gasteiger partial charge in [-0.05, 0) is 37.5 Å². The fourth-order valence-electron chi connectivity index (χ4n) is 3.39. The molecule has 4 nitrogen and oxygen atoms in total. The first-order valence-electron chi connectivity index (χ1n) is 8.28. The summed E-state index contributed by atoms with van der Waals surface area (Å²) in [6.45, 7) is 6.26. The van der Waals surface area contributed by atoms with E-state index in [-0.39, 0.29) is 11.9 Å². The summed E-state index contributed by atoms with van der Waals surface area (Å²) in [7, 11) is 0. The summed E-state index contributed by atoms with van der Waals surface area (Å²) in [5, 5.41) is 6.56. The van der Waals surface area contributed by atoms with Crippen LogP contribution in [0.15, 0.2) is 0 Å². The van der Waals surface area contributed by atoms with E-state index in [2.05, 4.69) is 24.5 Å². The number of carbonyl (C=O) groups is 1. The zero-order valence-electron chi connectivity index (χ0n) is 13.0. The minimum Gasteiger partial charge on any atom is -0.379 e. The van der Waals surface area contributed by atoms with Crippen LogP contribution in [-0.2, 0) is 9.53 Å². The van der Waals surface area contributed by atoms with Gasteiger partial charge in [0.15, 0.2) is 0 Å². The van der Waals surface area contributed by atoms with Crippen LogP contribution in [0.5, 0.6) is 0 Å². The molecule has 20 heavy (non-hydrogen) atoms. The maximum absolute atomic E-state index is 12.1. The zero-order valence-corrected chi connectivity index (χ0v) is 13.0. The van der Waals surface area contributed by atoms with Gasteiger partial charge in [-0.25, -0.2) is 0 Å². The summed E-state index contributed by atoms with van der Waals surface area (Å²) in [5.41, 5.74) is 0. The van der Waals surface area contributed by atoms with E-state index in [0.717, 1.165) is 18.9 Å². The smallest absolute Gasteiger partial charge is 0.237 e. The van der Waals surface area contributed by atoms with Crippen LogP contribution >= 0.6 is 0 Å². The van der Waals surface area contributed by atoms with Gasteiger partial charge in [-0.3, -0.25) is 4.79 Å². The van der Waals surface area contributed by atoms with Crippen molar-refractivity contribution < 1.29 is 9.53 Å². The Kier molecular flexibility index (Phi) is 6.30. The number of hydrogen-bond donors (Lipinski definition) is 2. The number of ether oxygens (including phenoxy) is 1. The summed E-state index contributed by atoms with van der Waals surface area (Å²) < 4.78 is 5.48. The molecule has 0 radical (unpaired) electrons. The molecule has 2 N–H and O–H groups in total. The second-order valence-corrected chi connectivity index (χ2v) is 6.71. The molecule has 3 unspecified atom stereocenters. The normalized spacial score (nSPS) is 30.1. The molecular formula is C16H30N2O2. The van der Waals surface area contributed by atoms with Crippen LogP contribution in [0.2, 0.25) is 0 Å². The molecule has 0 aromatic heterocycles. The minimum atomic E-state index is 0.0134. The Morgan fingerprint density at radius 1 is 1.25 bits per heavy atom. The Balaban J connectivity index is 1.63. The first-order chi connectivity index (χ1) is 9.66. The standard InChI is InChI=1S/C16H30N2O2/c1-12(2)11-20-10-9-17-16(19)15-8-7-13-5-3-4-6-14(13)18-15/h12-15,18H,3-11H2,1-2H3,(H,17,19). The lowest BCUT2D eigenvalue weighted by Crippen LogP contribution is -2.55. The first-order valence-corrected chi connectivity index (χ1v) is 8.28. The molecule has 1 amide bonds. The van der Waals surface area contributed by atoms with Crippen molar-refractivity contribution in [2.24, 2.45) is 11.8 Å². The Morgan fingerprint density at radius 3 is 2.85 bits per heavy atom. The van der Waals surface area contributed by atoms with Crippen molar-refractivity contribution in [1.29, 1.82) is 0 Å². The fourth-order valence-corrected chi connectivity index (χ4v) is 3.39. The second-order valence-electron chi connectivity index (χ2n) is 6.71. The van der Waals surface area contributed by atoms with E-state index in [9.17, 15) is 4.79 Å². The van der Waals surface area contributed by atoms with Crippen LogP contribution in [0.1, 0.15) is 52.4 Å². The number of fused-ring (bicyclic) bond motifs is 1. The van der Waals surface area contributed by atoms with E-state index >= 15 is 0 Å². The zero-order chi connectivity index (χ0) is 14.4. The van der Waals surface area contributed by atoms with Crippen LogP contribution in [0.3, 0.4) is 0 Å². The largest absolute Gasteiger partial charge is 0.379 e. The van der Waals surface area contributed by atoms with Gasteiger partial charge >= 0.3 is 0 Å². The predicted molar refractivity (Wildman–Crippen MR) is 80.6 cm³/mol. The summed E-state index contributed by atoms with van der Waals surface area (Å²) in [4.78, 5) is 12.1. The molecule has 2 fully saturated rings. The Labute approximate surface area is 123 Å². The van der Waals surface area contributed by atoms with Gasteiger partial charge in [0.25, 0.3) is 0 Å². The highest BCUT2D eigenvalue weighted by molar-refractivity contribution is 5.81. The lowest BCUT2D eigenvalue weighted by Gasteiger charge is -2.39. The van der Waals surface area contributed by atoms with Crippen molar-refractivity contribution >= 4 is 5.91 Å². The molecule has 0 spiro atoms. The van der Waals surface area contributed by atoms with Gasteiger partial charge in [0.05, 0.1) is 12.6 Å². The second kappa shape index (κ2) is 7.99. The highest BCUT2D eigenvalue weighted by atomic mass is 16.5. The number of rotatable bonds is 6. The fraction of sp³-hybridized carbons (Fsp3) is 0.938. The number of nitrogens with one attached hydrogen (secondary N) is 2. The molecule has 1 saturated heterocycles. The lowest BCUT2D eigenvalue weighted by atomic mass is 9.77. The van der Waals surface area contributed by atoms with Crippen LogP contribution in [0, 0.1) is 11.8 Å². The Morgan fingerprint density at radius 2 is 2.05 bits per heavy atom. The quantitative estimate of drug-likeness (QED) is 0.733. The molecule has 0 aromatic rings. The third kappa shape index (κ3) is 4.74. The van der Waals surface area contributed by atoms with Gasteiger partial charge in [-0.2, -0.15) is 0 Å². The van der Waals surface area contributed by atoms with E-state index in [4.69, 9.17) is 4.74 Å². The van der Waals surface area contributed by atoms with Crippen molar-refractivity contribution in [3.05, 3.63) is 0 Å². The van der Waals surface area contributed by atoms with Gasteiger partial charge in [0, 0.05) is 19.2 Å². The van der Waals surface area contributed by atoms with Gasteiger partial charge in [0.2, 0.25) is 5.91 Å². The summed E-state index contributed by atoms with van der Waals surface area (Å²) in [5.74, 6) is 1.51. The molecule has 2 aliphatic rings. The number of amides is 1. The van der Waals surface area contributed by atoms with Crippen molar-refractivity contribution in [2.45, 2.75) is 64.5 Å². The average molecular weight is 282 g/mol. The Bertz CT molecular complexity index is 307. The highest BCUT2D eigenvalue weighted by Crippen LogP contribution is 2.32. The molecule has 1 saturated carbocycles. The maximum atomic E-state index is 12.1. The molecule has 0 bridgehead atoms. The van der Waals surface area contributed by atoms with E-state index < -0.39 is 0 Å². The molecule has 4 heteroatoms. The first kappa shape index (κ1) is 15.8. The van der Waals surface area contributed by atoms with E-state index in [1.165, 1.54) is 32.1 Å². The molecule has 1 aliphatic carbocycles. The van der Waals surface area contributed by atoms with Crippen molar-refractivity contribution in [2.75, 3.05) is 19.8 Å². The van der Waals surface area contributed by atoms with Gasteiger partial charge in [-0.1, -0.05) is 26.7 Å². The summed E-state index contributed by atoms with van der Waals surface area (Å²) >= 11 is 0. The third-order valence-corrected chi connectivity index (χ3v) is 4.46. The van der Waals surface area contributed by atoms with E-state index in [1.54, 1.807) is 0 Å². The number of hydrogen-bond acceptors (Lipinski definition) is 3. The van der Waals surface area contributed by atoms with Gasteiger partial charge in [-0.15, -0.1) is 0 Å². The Hall–Kier alpha value is -0.610. The van der Waals surface area contributed by atoms with E-state index in [1.807, 2.05) is 0 Å². The van der Waals surface area contributed by atoms with Gasteiger partial charge in [0.1, 0.15) is 0 Å². The predicted octanol–water partition coefficient (Wildman–Crippen LogP) is 2.09. The number of carbonyl (C=O) groups excluding carboxylic acids is 1. The number of piperidine rings is 1. The van der Waals surface area contributed by atoms with Crippen LogP contribution in [0.25, 0.3) is 0 Å². The summed E-state index contributed by atoms with van der Waals surface area (Å²) in [6, 6.07) is 0.588. The third-order valence-electron chi connectivity index (χ3n) is 4.46. The average Bonchev–Trinajstić information content (AvgIpc) is 2.46. The van der Waals surface area contributed by atoms with E-state index in [0.29, 0.717) is 25.1 Å². The van der Waals surface area contributed by atoms with Crippen LogP contribution in [-0.4, -0.2) is 37.7 Å². The van der Waals surface area contributed by atoms with Crippen molar-refractivity contribution in [3.63, 3.8) is 0 Å². The SMILES string of the molecule is CC(C)COCCNC(=O)C1CCC2CCCCC2N1. The molecule has 3 atom stereocenters. The summed E-state index contributed by atoms with van der Waals surface area (Å²) in [6.07, 6.45) is 7.46. The van der Waals surface area contributed by atoms with Crippen LogP contribution < -0.4 is 10.6 Å². The molecule has 1 heterocycles. The minimum absolute atomic E-state index is 0.0134. The molecular weight excluding hydrogens is 252 g/mol. The molecule has 116 valence electrons. The maximum Gasteiger partial charge on any atom is 0.237 e. The van der Waals surface area contributed by atoms with Crippen molar-refractivity contribution in [3.8, 4) is 0 Å². The van der Waals surface area contributed by atoms with Crippen LogP contribution in [0.4, 0.5) is 0 Å². The van der Waals surface area contributed by atoms with Gasteiger partial charge < -0.3 is 15.4 Å². The van der Waals surface area contributed by atoms with Crippen molar-refractivity contribution in [1.82, 2.24) is 10.6 Å². The molecule has 1 aliphatic heterocycles. The molecule has 0 aromatic carbocycles. The topological polar surface area (TPSA) is 50.4 Å². The lowest BCUT2D eigenvalue weighted by molar-refractivity contribution is -0.124. The highest BCUT2D eigenvalue weighted by Gasteiger charge is 2.34.